The highest BCUT2D eigenvalue weighted by Crippen LogP contribution is 2.21. The highest BCUT2D eigenvalue weighted by atomic mass is 16.5. The number of hydrogen-bond donors (Lipinski definition) is 1. The number of methoxy groups -OCH3 is 2. The number of ether oxygens (including phenoxy) is 2. The lowest BCUT2D eigenvalue weighted by molar-refractivity contribution is 0.102. The van der Waals surface area contributed by atoms with E-state index in [1.807, 2.05) is 37.3 Å². The van der Waals surface area contributed by atoms with Crippen molar-refractivity contribution < 1.29 is 14.3 Å². The van der Waals surface area contributed by atoms with Crippen LogP contribution in [0.4, 0.5) is 5.82 Å². The van der Waals surface area contributed by atoms with E-state index >= 15 is 0 Å². The van der Waals surface area contributed by atoms with Gasteiger partial charge in [0.05, 0.1) is 25.6 Å². The van der Waals surface area contributed by atoms with Crippen molar-refractivity contribution in [3.8, 4) is 17.2 Å². The molecule has 1 amide bonds. The van der Waals surface area contributed by atoms with E-state index in [1.165, 1.54) is 0 Å². The molecule has 2 aromatic carbocycles. The fourth-order valence-corrected chi connectivity index (χ4v) is 2.44. The van der Waals surface area contributed by atoms with Crippen molar-refractivity contribution in [2.75, 3.05) is 19.5 Å². The van der Waals surface area contributed by atoms with Gasteiger partial charge >= 0.3 is 0 Å². The molecule has 0 atom stereocenters. The zero-order valence-corrected chi connectivity index (χ0v) is 14.3. The Labute approximate surface area is 146 Å². The number of nitrogens with one attached hydrogen (secondary N) is 1. The summed E-state index contributed by atoms with van der Waals surface area (Å²) in [5.41, 5.74) is 2.18. The first-order valence-electron chi connectivity index (χ1n) is 7.77. The zero-order valence-electron chi connectivity index (χ0n) is 14.3. The van der Waals surface area contributed by atoms with Gasteiger partial charge in [0.25, 0.3) is 5.91 Å². The molecule has 6 heteroatoms. The third kappa shape index (κ3) is 3.63. The normalized spacial score (nSPS) is 10.4. The second kappa shape index (κ2) is 7.09. The van der Waals surface area contributed by atoms with Gasteiger partial charge in [0.2, 0.25) is 0 Å². The molecule has 6 nitrogen and oxygen atoms in total. The molecule has 0 aliphatic carbocycles. The van der Waals surface area contributed by atoms with Gasteiger partial charge in [-0.1, -0.05) is 0 Å². The van der Waals surface area contributed by atoms with Crippen LogP contribution in [0.25, 0.3) is 5.69 Å². The third-order valence-corrected chi connectivity index (χ3v) is 3.74. The molecule has 0 saturated heterocycles. The molecule has 25 heavy (non-hydrogen) atoms. The van der Waals surface area contributed by atoms with Crippen LogP contribution in [0.2, 0.25) is 0 Å². The van der Waals surface area contributed by atoms with Crippen LogP contribution in [0.5, 0.6) is 11.5 Å². The van der Waals surface area contributed by atoms with Gasteiger partial charge in [0.1, 0.15) is 17.3 Å². The van der Waals surface area contributed by atoms with Gasteiger partial charge in [-0.15, -0.1) is 0 Å². The lowest BCUT2D eigenvalue weighted by Crippen LogP contribution is -2.15. The maximum absolute atomic E-state index is 12.5. The average molecular weight is 337 g/mol. The second-order valence-corrected chi connectivity index (χ2v) is 5.46. The van der Waals surface area contributed by atoms with Crippen molar-refractivity contribution >= 4 is 11.7 Å². The first-order valence-corrected chi connectivity index (χ1v) is 7.77. The number of carbonyl (C=O) groups excluding carboxylic acids is 1. The van der Waals surface area contributed by atoms with Crippen molar-refractivity contribution in [1.82, 2.24) is 9.78 Å². The predicted octanol–water partition coefficient (Wildman–Crippen LogP) is 3.45. The molecule has 0 aliphatic heterocycles. The minimum Gasteiger partial charge on any atom is -0.497 e. The van der Waals surface area contributed by atoms with Crippen LogP contribution in [0.1, 0.15) is 16.1 Å². The lowest BCUT2D eigenvalue weighted by atomic mass is 10.2. The minimum atomic E-state index is -0.211. The number of aromatic nitrogens is 2. The Bertz CT molecular complexity index is 868. The van der Waals surface area contributed by atoms with Gasteiger partial charge < -0.3 is 14.8 Å². The monoisotopic (exact) mass is 337 g/mol. The average Bonchev–Trinajstić information content (AvgIpc) is 3.02. The molecule has 128 valence electrons. The van der Waals surface area contributed by atoms with E-state index < -0.39 is 0 Å². The van der Waals surface area contributed by atoms with Gasteiger partial charge in [-0.3, -0.25) is 4.79 Å². The maximum atomic E-state index is 12.5. The molecular weight excluding hydrogens is 318 g/mol. The lowest BCUT2D eigenvalue weighted by Gasteiger charge is -2.10. The van der Waals surface area contributed by atoms with E-state index in [2.05, 4.69) is 10.4 Å². The second-order valence-electron chi connectivity index (χ2n) is 5.46. The van der Waals surface area contributed by atoms with Gasteiger partial charge in [0, 0.05) is 11.6 Å². The standard InChI is InChI=1S/C19H19N3O3/c1-13-12-18(20-19(23)14-4-8-16(24-2)9-5-14)22(21-13)15-6-10-17(25-3)11-7-15/h4-12H,1-3H3,(H,20,23). The van der Waals surface area contributed by atoms with E-state index in [-0.39, 0.29) is 5.91 Å². The van der Waals surface area contributed by atoms with Crippen LogP contribution in [0.15, 0.2) is 54.6 Å². The Morgan fingerprint density at radius 2 is 1.52 bits per heavy atom. The first-order chi connectivity index (χ1) is 12.1. The maximum Gasteiger partial charge on any atom is 0.256 e. The summed E-state index contributed by atoms with van der Waals surface area (Å²) in [6, 6.07) is 16.2. The third-order valence-electron chi connectivity index (χ3n) is 3.74. The van der Waals surface area contributed by atoms with Gasteiger partial charge in [0.15, 0.2) is 0 Å². The van der Waals surface area contributed by atoms with Crippen molar-refractivity contribution in [2.45, 2.75) is 6.92 Å². The molecule has 0 unspecified atom stereocenters. The van der Waals surface area contributed by atoms with E-state index in [4.69, 9.17) is 9.47 Å². The first kappa shape index (κ1) is 16.6. The van der Waals surface area contributed by atoms with E-state index in [0.29, 0.717) is 17.1 Å². The molecule has 0 bridgehead atoms. The van der Waals surface area contributed by atoms with Crippen molar-refractivity contribution in [1.29, 1.82) is 0 Å². The van der Waals surface area contributed by atoms with Crippen LogP contribution in [-0.2, 0) is 0 Å². The number of hydrogen-bond acceptors (Lipinski definition) is 4. The fourth-order valence-electron chi connectivity index (χ4n) is 2.44. The number of nitrogens with zero attached hydrogens (tertiary/aromatic N) is 2. The molecule has 1 N–H and O–H groups in total. The summed E-state index contributed by atoms with van der Waals surface area (Å²) in [6.45, 7) is 1.88. The number of rotatable bonds is 5. The molecule has 0 radical (unpaired) electrons. The van der Waals surface area contributed by atoms with Gasteiger partial charge in [-0.2, -0.15) is 5.10 Å². The molecule has 3 aromatic rings. The summed E-state index contributed by atoms with van der Waals surface area (Å²) in [5, 5.41) is 7.35. The number of carbonyl (C=O) groups is 1. The van der Waals surface area contributed by atoms with E-state index in [1.54, 1.807) is 43.2 Å². The Morgan fingerprint density at radius 3 is 2.08 bits per heavy atom. The molecular formula is C19H19N3O3. The number of benzene rings is 2. The Hall–Kier alpha value is -3.28. The van der Waals surface area contributed by atoms with Gasteiger partial charge in [-0.05, 0) is 55.5 Å². The number of anilines is 1. The van der Waals surface area contributed by atoms with Crippen LogP contribution >= 0.6 is 0 Å². The summed E-state index contributed by atoms with van der Waals surface area (Å²) in [4.78, 5) is 12.5. The highest BCUT2D eigenvalue weighted by Gasteiger charge is 2.12. The van der Waals surface area contributed by atoms with Crippen molar-refractivity contribution in [2.24, 2.45) is 0 Å². The predicted molar refractivity (Wildman–Crippen MR) is 95.8 cm³/mol. The molecule has 0 spiro atoms. The number of aryl methyl sites for hydroxylation is 1. The number of amides is 1. The highest BCUT2D eigenvalue weighted by molar-refractivity contribution is 6.04. The summed E-state index contributed by atoms with van der Waals surface area (Å²) in [7, 11) is 3.21. The van der Waals surface area contributed by atoms with E-state index in [9.17, 15) is 4.79 Å². The van der Waals surface area contributed by atoms with E-state index in [0.717, 1.165) is 17.1 Å². The summed E-state index contributed by atoms with van der Waals surface area (Å²) in [5.74, 6) is 1.85. The summed E-state index contributed by atoms with van der Waals surface area (Å²) < 4.78 is 12.0. The van der Waals surface area contributed by atoms with Crippen LogP contribution in [-0.4, -0.2) is 29.9 Å². The summed E-state index contributed by atoms with van der Waals surface area (Å²) in [6.07, 6.45) is 0. The molecule has 0 saturated carbocycles. The SMILES string of the molecule is COc1ccc(C(=O)Nc2cc(C)nn2-c2ccc(OC)cc2)cc1. The van der Waals surface area contributed by atoms with Crippen LogP contribution in [0.3, 0.4) is 0 Å². The van der Waals surface area contributed by atoms with Crippen molar-refractivity contribution in [3.05, 3.63) is 65.9 Å². The molecule has 0 fully saturated rings. The Kier molecular flexibility index (Phi) is 4.70. The Balaban J connectivity index is 1.85. The molecule has 0 aliphatic rings. The topological polar surface area (TPSA) is 65.4 Å². The smallest absolute Gasteiger partial charge is 0.256 e. The van der Waals surface area contributed by atoms with Gasteiger partial charge in [-0.25, -0.2) is 4.68 Å². The van der Waals surface area contributed by atoms with Crippen LogP contribution in [0, 0.1) is 6.92 Å². The minimum absolute atomic E-state index is 0.211. The zero-order chi connectivity index (χ0) is 17.8. The summed E-state index contributed by atoms with van der Waals surface area (Å²) >= 11 is 0. The molecule has 1 heterocycles. The molecule has 1 aromatic heterocycles. The fraction of sp³-hybridized carbons (Fsp3) is 0.158. The quantitative estimate of drug-likeness (QED) is 0.774. The molecule has 3 rings (SSSR count). The Morgan fingerprint density at radius 1 is 0.960 bits per heavy atom. The van der Waals surface area contributed by atoms with Crippen LogP contribution < -0.4 is 14.8 Å². The largest absolute Gasteiger partial charge is 0.497 e. The van der Waals surface area contributed by atoms with Crippen molar-refractivity contribution in [3.63, 3.8) is 0 Å².